The highest BCUT2D eigenvalue weighted by Gasteiger charge is 2.07. The van der Waals surface area contributed by atoms with Crippen molar-refractivity contribution in [3.63, 3.8) is 0 Å². The fourth-order valence-electron chi connectivity index (χ4n) is 2.80. The number of benzene rings is 2. The lowest BCUT2D eigenvalue weighted by molar-refractivity contribution is 0.0951. The van der Waals surface area contributed by atoms with Crippen molar-refractivity contribution in [3.05, 3.63) is 75.5 Å². The second kappa shape index (κ2) is 6.87. The number of carbonyl (C=O) groups is 1. The number of hydrogen-bond acceptors (Lipinski definition) is 5. The number of H-pyrrole nitrogens is 2. The van der Waals surface area contributed by atoms with Crippen molar-refractivity contribution < 1.29 is 4.79 Å². The van der Waals surface area contributed by atoms with Crippen LogP contribution >= 0.6 is 0 Å². The van der Waals surface area contributed by atoms with E-state index >= 15 is 0 Å². The second-order valence-corrected chi connectivity index (χ2v) is 6.22. The number of hydrogen-bond donors (Lipinski definition) is 3. The van der Waals surface area contributed by atoms with Crippen LogP contribution in [-0.2, 0) is 13.1 Å². The molecule has 4 aromatic rings. The van der Waals surface area contributed by atoms with E-state index in [0.29, 0.717) is 24.2 Å². The Balaban J connectivity index is 1.40. The van der Waals surface area contributed by atoms with Crippen molar-refractivity contribution in [1.29, 1.82) is 0 Å². The first-order valence-corrected chi connectivity index (χ1v) is 8.39. The van der Waals surface area contributed by atoms with Gasteiger partial charge in [0.25, 0.3) is 5.91 Å². The Morgan fingerprint density at radius 1 is 1.07 bits per heavy atom. The molecule has 0 aliphatic carbocycles. The van der Waals surface area contributed by atoms with Crippen LogP contribution in [0.25, 0.3) is 11.0 Å². The number of fused-ring (bicyclic) bond motifs is 1. The lowest BCUT2D eigenvalue weighted by atomic mass is 10.1. The zero-order valence-corrected chi connectivity index (χ0v) is 14.6. The number of aromatic nitrogens is 6. The Bertz CT molecular complexity index is 1150. The molecule has 1 amide bonds. The van der Waals surface area contributed by atoms with Gasteiger partial charge in [0.15, 0.2) is 0 Å². The average Bonchev–Trinajstić information content (AvgIpc) is 3.24. The SMILES string of the molecule is Cc1nnnn1Cc1ccc(C(=O)NCc2ccc3[nH]c(=O)[nH]c3c2)cc1. The number of amides is 1. The molecule has 136 valence electrons. The molecule has 0 saturated carbocycles. The maximum Gasteiger partial charge on any atom is 0.323 e. The minimum atomic E-state index is -0.247. The number of rotatable bonds is 5. The molecule has 0 aliphatic rings. The van der Waals surface area contributed by atoms with E-state index in [1.165, 1.54) is 0 Å². The molecule has 0 atom stereocenters. The van der Waals surface area contributed by atoms with E-state index in [1.54, 1.807) is 16.8 Å². The van der Waals surface area contributed by atoms with Crippen LogP contribution in [0.5, 0.6) is 0 Å². The molecule has 9 heteroatoms. The second-order valence-electron chi connectivity index (χ2n) is 6.22. The number of carbonyl (C=O) groups excluding carboxylic acids is 1. The lowest BCUT2D eigenvalue weighted by Gasteiger charge is -2.07. The van der Waals surface area contributed by atoms with Gasteiger partial charge in [0.2, 0.25) is 0 Å². The zero-order chi connectivity index (χ0) is 18.8. The van der Waals surface area contributed by atoms with Gasteiger partial charge in [-0.25, -0.2) is 9.48 Å². The van der Waals surface area contributed by atoms with Gasteiger partial charge < -0.3 is 15.3 Å². The Kier molecular flexibility index (Phi) is 4.25. The summed E-state index contributed by atoms with van der Waals surface area (Å²) in [7, 11) is 0. The van der Waals surface area contributed by atoms with Gasteiger partial charge in [-0.05, 0) is 52.7 Å². The molecule has 9 nitrogen and oxygen atoms in total. The van der Waals surface area contributed by atoms with Crippen LogP contribution in [0.2, 0.25) is 0 Å². The van der Waals surface area contributed by atoms with Crippen molar-refractivity contribution in [2.75, 3.05) is 0 Å². The number of imidazole rings is 1. The Labute approximate surface area is 153 Å². The zero-order valence-electron chi connectivity index (χ0n) is 14.6. The fraction of sp³-hybridized carbons (Fsp3) is 0.167. The van der Waals surface area contributed by atoms with E-state index < -0.39 is 0 Å². The predicted octanol–water partition coefficient (Wildman–Crippen LogP) is 1.13. The maximum atomic E-state index is 12.4. The number of aryl methyl sites for hydroxylation is 1. The van der Waals surface area contributed by atoms with Crippen LogP contribution in [0.3, 0.4) is 0 Å². The molecule has 0 radical (unpaired) electrons. The van der Waals surface area contributed by atoms with Gasteiger partial charge in [-0.1, -0.05) is 18.2 Å². The molecule has 0 saturated heterocycles. The molecular formula is C18H17N7O2. The lowest BCUT2D eigenvalue weighted by Crippen LogP contribution is -2.22. The average molecular weight is 363 g/mol. The smallest absolute Gasteiger partial charge is 0.323 e. The van der Waals surface area contributed by atoms with Crippen molar-refractivity contribution in [1.82, 2.24) is 35.5 Å². The van der Waals surface area contributed by atoms with Gasteiger partial charge in [-0.15, -0.1) is 5.10 Å². The van der Waals surface area contributed by atoms with E-state index in [9.17, 15) is 9.59 Å². The molecule has 2 aromatic carbocycles. The van der Waals surface area contributed by atoms with E-state index in [2.05, 4.69) is 30.8 Å². The molecule has 4 rings (SSSR count). The summed E-state index contributed by atoms with van der Waals surface area (Å²) in [6.45, 7) is 2.76. The van der Waals surface area contributed by atoms with Gasteiger partial charge >= 0.3 is 5.69 Å². The van der Waals surface area contributed by atoms with Crippen LogP contribution in [0.4, 0.5) is 0 Å². The van der Waals surface area contributed by atoms with Crippen molar-refractivity contribution in [2.45, 2.75) is 20.0 Å². The summed E-state index contributed by atoms with van der Waals surface area (Å²) in [5.41, 5.74) is 3.68. The van der Waals surface area contributed by atoms with Crippen LogP contribution < -0.4 is 11.0 Å². The van der Waals surface area contributed by atoms with Gasteiger partial charge in [-0.2, -0.15) is 0 Å². The summed E-state index contributed by atoms with van der Waals surface area (Å²) < 4.78 is 1.69. The third-order valence-electron chi connectivity index (χ3n) is 4.29. The normalized spacial score (nSPS) is 11.0. The third-order valence-corrected chi connectivity index (χ3v) is 4.29. The van der Waals surface area contributed by atoms with E-state index in [1.807, 2.05) is 37.3 Å². The van der Waals surface area contributed by atoms with Crippen LogP contribution in [0.1, 0.15) is 27.3 Å². The molecule has 0 unspecified atom stereocenters. The highest BCUT2D eigenvalue weighted by molar-refractivity contribution is 5.94. The molecule has 0 bridgehead atoms. The Hall–Kier alpha value is -3.75. The first kappa shape index (κ1) is 16.7. The minimum Gasteiger partial charge on any atom is -0.348 e. The number of tetrazole rings is 1. The number of aromatic amines is 2. The molecule has 3 N–H and O–H groups in total. The Morgan fingerprint density at radius 2 is 1.81 bits per heavy atom. The quantitative estimate of drug-likeness (QED) is 0.491. The van der Waals surface area contributed by atoms with Gasteiger partial charge in [-0.3, -0.25) is 4.79 Å². The van der Waals surface area contributed by atoms with Crippen molar-refractivity contribution in [3.8, 4) is 0 Å². The summed E-state index contributed by atoms with van der Waals surface area (Å²) in [6.07, 6.45) is 0. The standard InChI is InChI=1S/C18H17N7O2/c1-11-22-23-24-25(11)10-12-2-5-14(6-3-12)17(26)19-9-13-4-7-15-16(8-13)21-18(27)20-15/h2-8H,9-10H2,1H3,(H,19,26)(H2,20,21,27). The third kappa shape index (κ3) is 3.61. The topological polar surface area (TPSA) is 121 Å². The molecule has 0 fully saturated rings. The minimum absolute atomic E-state index is 0.164. The fourth-order valence-corrected chi connectivity index (χ4v) is 2.80. The Morgan fingerprint density at radius 3 is 2.56 bits per heavy atom. The summed E-state index contributed by atoms with van der Waals surface area (Å²) >= 11 is 0. The highest BCUT2D eigenvalue weighted by atomic mass is 16.1. The van der Waals surface area contributed by atoms with E-state index in [-0.39, 0.29) is 11.6 Å². The molecule has 0 spiro atoms. The largest absolute Gasteiger partial charge is 0.348 e. The first-order chi connectivity index (χ1) is 13.1. The van der Waals surface area contributed by atoms with Crippen molar-refractivity contribution in [2.24, 2.45) is 0 Å². The van der Waals surface area contributed by atoms with E-state index in [4.69, 9.17) is 0 Å². The summed E-state index contributed by atoms with van der Waals surface area (Å²) in [6, 6.07) is 12.8. The summed E-state index contributed by atoms with van der Waals surface area (Å²) in [5, 5.41) is 14.3. The predicted molar refractivity (Wildman–Crippen MR) is 98.2 cm³/mol. The van der Waals surface area contributed by atoms with Crippen LogP contribution in [-0.4, -0.2) is 36.1 Å². The number of nitrogens with one attached hydrogen (secondary N) is 3. The number of nitrogens with zero attached hydrogens (tertiary/aromatic N) is 4. The first-order valence-electron chi connectivity index (χ1n) is 8.39. The van der Waals surface area contributed by atoms with E-state index in [0.717, 1.165) is 22.5 Å². The molecule has 2 aromatic heterocycles. The van der Waals surface area contributed by atoms with Gasteiger partial charge in [0.1, 0.15) is 5.82 Å². The highest BCUT2D eigenvalue weighted by Crippen LogP contribution is 2.11. The molecular weight excluding hydrogens is 346 g/mol. The maximum absolute atomic E-state index is 12.4. The molecule has 27 heavy (non-hydrogen) atoms. The summed E-state index contributed by atoms with van der Waals surface area (Å²) in [4.78, 5) is 29.1. The van der Waals surface area contributed by atoms with Crippen LogP contribution in [0, 0.1) is 6.92 Å². The van der Waals surface area contributed by atoms with Gasteiger partial charge in [0, 0.05) is 12.1 Å². The summed E-state index contributed by atoms with van der Waals surface area (Å²) in [5.74, 6) is 0.570. The molecule has 2 heterocycles. The molecule has 0 aliphatic heterocycles. The monoisotopic (exact) mass is 363 g/mol. The van der Waals surface area contributed by atoms with Gasteiger partial charge in [0.05, 0.1) is 17.6 Å². The van der Waals surface area contributed by atoms with Crippen LogP contribution in [0.15, 0.2) is 47.3 Å². The van der Waals surface area contributed by atoms with Crippen molar-refractivity contribution >= 4 is 16.9 Å².